The van der Waals surface area contributed by atoms with E-state index >= 15 is 0 Å². The van der Waals surface area contributed by atoms with Gasteiger partial charge in [0.25, 0.3) is 5.91 Å². The van der Waals surface area contributed by atoms with E-state index in [4.69, 9.17) is 11.6 Å². The Morgan fingerprint density at radius 1 is 1.33 bits per heavy atom. The molecule has 92 valence electrons. The lowest BCUT2D eigenvalue weighted by Crippen LogP contribution is -2.12. The summed E-state index contributed by atoms with van der Waals surface area (Å²) in [6.45, 7) is 0. The molecule has 0 saturated carbocycles. The van der Waals surface area contributed by atoms with Crippen LogP contribution in [0, 0.1) is 5.95 Å². The van der Waals surface area contributed by atoms with Crippen LogP contribution in [0.3, 0.4) is 0 Å². The summed E-state index contributed by atoms with van der Waals surface area (Å²) in [5.74, 6) is -1.12. The van der Waals surface area contributed by atoms with Gasteiger partial charge in [-0.2, -0.15) is 4.39 Å². The molecule has 18 heavy (non-hydrogen) atoms. The van der Waals surface area contributed by atoms with Crippen molar-refractivity contribution in [1.82, 2.24) is 4.98 Å². The molecule has 0 aliphatic heterocycles. The van der Waals surface area contributed by atoms with Crippen molar-refractivity contribution in [3.63, 3.8) is 0 Å². The Hall–Kier alpha value is -1.46. The van der Waals surface area contributed by atoms with Crippen molar-refractivity contribution in [2.75, 3.05) is 5.32 Å². The summed E-state index contributed by atoms with van der Waals surface area (Å²) < 4.78 is 13.6. The maximum Gasteiger partial charge on any atom is 0.255 e. The van der Waals surface area contributed by atoms with Crippen molar-refractivity contribution in [2.24, 2.45) is 0 Å². The minimum atomic E-state index is -0.698. The molecule has 0 aliphatic carbocycles. The average molecular weight is 330 g/mol. The number of carbonyl (C=O) groups excluding carboxylic acids is 1. The second kappa shape index (κ2) is 5.46. The maximum absolute atomic E-state index is 12.9. The Morgan fingerprint density at radius 3 is 2.78 bits per heavy atom. The molecule has 1 heterocycles. The molecule has 2 rings (SSSR count). The van der Waals surface area contributed by atoms with Gasteiger partial charge >= 0.3 is 0 Å². The number of hydrogen-bond donors (Lipinski definition) is 1. The van der Waals surface area contributed by atoms with E-state index < -0.39 is 11.9 Å². The Bertz CT molecular complexity index is 606. The summed E-state index contributed by atoms with van der Waals surface area (Å²) in [7, 11) is 0. The van der Waals surface area contributed by atoms with Crippen molar-refractivity contribution < 1.29 is 9.18 Å². The summed E-state index contributed by atoms with van der Waals surface area (Å²) in [6.07, 6.45) is 1.23. The van der Waals surface area contributed by atoms with Crippen LogP contribution in [0.5, 0.6) is 0 Å². The van der Waals surface area contributed by atoms with Crippen molar-refractivity contribution in [2.45, 2.75) is 0 Å². The van der Waals surface area contributed by atoms with Gasteiger partial charge in [-0.3, -0.25) is 4.79 Å². The van der Waals surface area contributed by atoms with Crippen molar-refractivity contribution in [3.05, 3.63) is 57.5 Å². The van der Waals surface area contributed by atoms with Crippen LogP contribution in [0.25, 0.3) is 0 Å². The van der Waals surface area contributed by atoms with E-state index in [-0.39, 0.29) is 5.56 Å². The third kappa shape index (κ3) is 3.05. The smallest absolute Gasteiger partial charge is 0.255 e. The van der Waals surface area contributed by atoms with E-state index in [1.54, 1.807) is 18.2 Å². The molecule has 0 unspecified atom stereocenters. The molecular formula is C12H7BrClFN2O. The fraction of sp³-hybridized carbons (Fsp3) is 0. The molecule has 0 bridgehead atoms. The molecular weight excluding hydrogens is 322 g/mol. The van der Waals surface area contributed by atoms with Gasteiger partial charge in [0.1, 0.15) is 0 Å². The molecule has 0 atom stereocenters. The Morgan fingerprint density at radius 2 is 2.11 bits per heavy atom. The van der Waals surface area contributed by atoms with E-state index in [0.717, 1.165) is 10.5 Å². The van der Waals surface area contributed by atoms with Gasteiger partial charge in [-0.1, -0.05) is 11.6 Å². The first kappa shape index (κ1) is 13.0. The van der Waals surface area contributed by atoms with Crippen LogP contribution in [0.2, 0.25) is 5.02 Å². The zero-order valence-corrected chi connectivity index (χ0v) is 11.3. The number of rotatable bonds is 2. The molecule has 3 nitrogen and oxygen atoms in total. The average Bonchev–Trinajstić information content (AvgIpc) is 2.34. The molecule has 2 aromatic rings. The summed E-state index contributed by atoms with van der Waals surface area (Å²) in [6, 6.07) is 7.49. The van der Waals surface area contributed by atoms with Crippen LogP contribution in [0.4, 0.5) is 10.1 Å². The lowest BCUT2D eigenvalue weighted by molar-refractivity contribution is 0.102. The normalized spacial score (nSPS) is 10.2. The van der Waals surface area contributed by atoms with E-state index in [2.05, 4.69) is 26.2 Å². The van der Waals surface area contributed by atoms with Crippen LogP contribution in [-0.2, 0) is 0 Å². The Balaban J connectivity index is 2.18. The van der Waals surface area contributed by atoms with Gasteiger partial charge in [-0.25, -0.2) is 4.98 Å². The Labute approximate surface area is 116 Å². The third-order valence-electron chi connectivity index (χ3n) is 2.17. The maximum atomic E-state index is 12.9. The van der Waals surface area contributed by atoms with E-state index in [1.807, 2.05) is 0 Å². The Kier molecular flexibility index (Phi) is 3.93. The van der Waals surface area contributed by atoms with Crippen LogP contribution in [0.15, 0.2) is 41.0 Å². The first-order chi connectivity index (χ1) is 8.56. The fourth-order valence-corrected chi connectivity index (χ4v) is 1.75. The minimum Gasteiger partial charge on any atom is -0.322 e. The van der Waals surface area contributed by atoms with Gasteiger partial charge < -0.3 is 5.32 Å². The van der Waals surface area contributed by atoms with Gasteiger partial charge in [0, 0.05) is 28.0 Å². The number of carbonyl (C=O) groups is 1. The SMILES string of the molecule is O=C(Nc1ccc(Br)c(Cl)c1)c1ccnc(F)c1. The molecule has 1 N–H and O–H groups in total. The summed E-state index contributed by atoms with van der Waals surface area (Å²) in [4.78, 5) is 15.2. The molecule has 1 aromatic carbocycles. The van der Waals surface area contributed by atoms with Gasteiger partial charge in [0.15, 0.2) is 0 Å². The number of nitrogens with one attached hydrogen (secondary N) is 1. The predicted octanol–water partition coefficient (Wildman–Crippen LogP) is 3.89. The topological polar surface area (TPSA) is 42.0 Å². The number of halogens is 3. The molecule has 1 aromatic heterocycles. The number of anilines is 1. The standard InChI is InChI=1S/C12H7BrClFN2O/c13-9-2-1-8(6-10(9)14)17-12(18)7-3-4-16-11(15)5-7/h1-6H,(H,17,18). The van der Waals surface area contributed by atoms with E-state index in [1.165, 1.54) is 12.3 Å². The lowest BCUT2D eigenvalue weighted by Gasteiger charge is -2.06. The molecule has 0 saturated heterocycles. The first-order valence-electron chi connectivity index (χ1n) is 4.94. The van der Waals surface area contributed by atoms with Gasteiger partial charge in [0.05, 0.1) is 5.02 Å². The zero-order valence-electron chi connectivity index (χ0n) is 8.95. The molecule has 6 heteroatoms. The number of pyridine rings is 1. The fourth-order valence-electron chi connectivity index (χ4n) is 1.32. The predicted molar refractivity (Wildman–Crippen MR) is 71.3 cm³/mol. The van der Waals surface area contributed by atoms with Gasteiger partial charge in [-0.15, -0.1) is 0 Å². The highest BCUT2D eigenvalue weighted by atomic mass is 79.9. The monoisotopic (exact) mass is 328 g/mol. The second-order valence-electron chi connectivity index (χ2n) is 3.45. The largest absolute Gasteiger partial charge is 0.322 e. The van der Waals surface area contributed by atoms with Gasteiger partial charge in [-0.05, 0) is 40.2 Å². The van der Waals surface area contributed by atoms with Crippen LogP contribution >= 0.6 is 27.5 Å². The van der Waals surface area contributed by atoms with Crippen molar-refractivity contribution >= 4 is 39.1 Å². The highest BCUT2D eigenvalue weighted by Crippen LogP contribution is 2.25. The lowest BCUT2D eigenvalue weighted by atomic mass is 10.2. The minimum absolute atomic E-state index is 0.196. The first-order valence-corrected chi connectivity index (χ1v) is 6.11. The quantitative estimate of drug-likeness (QED) is 0.849. The number of benzene rings is 1. The van der Waals surface area contributed by atoms with Crippen molar-refractivity contribution in [1.29, 1.82) is 0 Å². The third-order valence-corrected chi connectivity index (χ3v) is 3.40. The number of hydrogen-bond acceptors (Lipinski definition) is 2. The zero-order chi connectivity index (χ0) is 13.1. The van der Waals surface area contributed by atoms with Crippen LogP contribution in [0.1, 0.15) is 10.4 Å². The van der Waals surface area contributed by atoms with E-state index in [0.29, 0.717) is 10.7 Å². The number of amides is 1. The molecule has 0 aliphatic rings. The summed E-state index contributed by atoms with van der Waals surface area (Å²) in [5.41, 5.74) is 0.729. The second-order valence-corrected chi connectivity index (χ2v) is 4.71. The van der Waals surface area contributed by atoms with E-state index in [9.17, 15) is 9.18 Å². The molecule has 0 radical (unpaired) electrons. The number of aromatic nitrogens is 1. The van der Waals surface area contributed by atoms with Gasteiger partial charge in [0.2, 0.25) is 5.95 Å². The molecule has 0 spiro atoms. The highest BCUT2D eigenvalue weighted by Gasteiger charge is 2.08. The van der Waals surface area contributed by atoms with Crippen LogP contribution in [-0.4, -0.2) is 10.9 Å². The highest BCUT2D eigenvalue weighted by molar-refractivity contribution is 9.10. The van der Waals surface area contributed by atoms with Crippen LogP contribution < -0.4 is 5.32 Å². The molecule has 0 fully saturated rings. The number of nitrogens with zero attached hydrogens (tertiary/aromatic N) is 1. The van der Waals surface area contributed by atoms with Crippen molar-refractivity contribution in [3.8, 4) is 0 Å². The molecule has 1 amide bonds. The summed E-state index contributed by atoms with van der Waals surface area (Å²) in [5, 5.41) is 3.10. The summed E-state index contributed by atoms with van der Waals surface area (Å²) >= 11 is 9.15.